The van der Waals surface area contributed by atoms with Crippen molar-refractivity contribution in [1.82, 2.24) is 9.97 Å². The summed E-state index contributed by atoms with van der Waals surface area (Å²) in [6.45, 7) is 4.51. The van der Waals surface area contributed by atoms with Gasteiger partial charge in [0.2, 0.25) is 0 Å². The normalized spacial score (nSPS) is 10.7. The Morgan fingerprint density at radius 2 is 1.89 bits per heavy atom. The van der Waals surface area contributed by atoms with Gasteiger partial charge in [0, 0.05) is 21.3 Å². The lowest BCUT2D eigenvalue weighted by Crippen LogP contribution is -2.04. The molecule has 0 aliphatic heterocycles. The molecule has 2 rings (SSSR count). The minimum atomic E-state index is 0.574. The molecule has 0 amide bonds. The van der Waals surface area contributed by atoms with E-state index in [1.54, 1.807) is 0 Å². The van der Waals surface area contributed by atoms with E-state index in [1.807, 2.05) is 38.1 Å². The summed E-state index contributed by atoms with van der Waals surface area (Å²) in [5, 5.41) is 1.50. The van der Waals surface area contributed by atoms with Gasteiger partial charge in [-0.25, -0.2) is 9.97 Å². The number of aromatic nitrogens is 2. The molecule has 0 saturated carbocycles. The van der Waals surface area contributed by atoms with Crippen LogP contribution in [0.3, 0.4) is 0 Å². The molecule has 0 radical (unpaired) electrons. The Balaban J connectivity index is 2.34. The van der Waals surface area contributed by atoms with Crippen molar-refractivity contribution in [3.05, 3.63) is 46.2 Å². The Bertz CT molecular complexity index is 567. The van der Waals surface area contributed by atoms with Crippen LogP contribution >= 0.6 is 23.4 Å². The lowest BCUT2D eigenvalue weighted by molar-refractivity contribution is 0.897. The number of rotatable bonds is 4. The lowest BCUT2D eigenvalue weighted by Gasteiger charge is -2.10. The molecular formula is C14H16ClN3S. The first kappa shape index (κ1) is 14.3. The number of hydrogen-bond acceptors (Lipinski definition) is 4. The monoisotopic (exact) mass is 293 g/mol. The van der Waals surface area contributed by atoms with Crippen LogP contribution < -0.4 is 5.73 Å². The van der Waals surface area contributed by atoms with Crippen LogP contribution in [0.15, 0.2) is 34.3 Å². The van der Waals surface area contributed by atoms with Crippen LogP contribution in [0.2, 0.25) is 5.02 Å². The van der Waals surface area contributed by atoms with Gasteiger partial charge in [-0.15, -0.1) is 0 Å². The first-order chi connectivity index (χ1) is 9.10. The number of aryl methyl sites for hydroxylation is 2. The lowest BCUT2D eigenvalue weighted by atomic mass is 10.1. The molecule has 2 aromatic rings. The highest BCUT2D eigenvalue weighted by Crippen LogP contribution is 2.32. The summed E-state index contributed by atoms with van der Waals surface area (Å²) in [6.07, 6.45) is 0.757. The fraction of sp³-hybridized carbons (Fsp3) is 0.286. The van der Waals surface area contributed by atoms with Crippen molar-refractivity contribution in [2.45, 2.75) is 30.3 Å². The molecule has 0 bridgehead atoms. The SMILES string of the molecule is Cc1cc(C)nc(Sc2cccc(Cl)c2CCN)n1. The highest BCUT2D eigenvalue weighted by Gasteiger charge is 2.10. The maximum atomic E-state index is 6.23. The number of nitrogens with zero attached hydrogens (tertiary/aromatic N) is 2. The van der Waals surface area contributed by atoms with E-state index in [4.69, 9.17) is 17.3 Å². The second kappa shape index (κ2) is 6.37. The maximum Gasteiger partial charge on any atom is 0.192 e. The van der Waals surface area contributed by atoms with Gasteiger partial charge in [0.05, 0.1) is 0 Å². The van der Waals surface area contributed by atoms with Crippen LogP contribution in [0, 0.1) is 13.8 Å². The van der Waals surface area contributed by atoms with Gasteiger partial charge in [-0.2, -0.15) is 0 Å². The van der Waals surface area contributed by atoms with Crippen molar-refractivity contribution in [2.24, 2.45) is 5.73 Å². The van der Waals surface area contributed by atoms with Crippen LogP contribution in [-0.2, 0) is 6.42 Å². The number of hydrogen-bond donors (Lipinski definition) is 1. The molecule has 0 spiro atoms. The largest absolute Gasteiger partial charge is 0.330 e. The topological polar surface area (TPSA) is 51.8 Å². The zero-order valence-electron chi connectivity index (χ0n) is 11.0. The second-order valence-corrected chi connectivity index (χ2v) is 5.71. The highest BCUT2D eigenvalue weighted by molar-refractivity contribution is 7.99. The second-order valence-electron chi connectivity index (χ2n) is 4.29. The zero-order chi connectivity index (χ0) is 13.8. The van der Waals surface area contributed by atoms with E-state index in [9.17, 15) is 0 Å². The molecule has 0 aliphatic carbocycles. The standard InChI is InChI=1S/C14H16ClN3S/c1-9-8-10(2)18-14(17-9)19-13-5-3-4-12(15)11(13)6-7-16/h3-5,8H,6-7,16H2,1-2H3. The van der Waals surface area contributed by atoms with Gasteiger partial charge in [0.15, 0.2) is 5.16 Å². The van der Waals surface area contributed by atoms with Crippen LogP contribution in [0.5, 0.6) is 0 Å². The molecule has 0 atom stereocenters. The summed E-state index contributed by atoms with van der Waals surface area (Å²) in [4.78, 5) is 9.95. The van der Waals surface area contributed by atoms with Crippen molar-refractivity contribution >= 4 is 23.4 Å². The van der Waals surface area contributed by atoms with Crippen molar-refractivity contribution in [3.63, 3.8) is 0 Å². The summed E-state index contributed by atoms with van der Waals surface area (Å²) in [7, 11) is 0. The van der Waals surface area contributed by atoms with Crippen LogP contribution in [0.4, 0.5) is 0 Å². The quantitative estimate of drug-likeness (QED) is 0.878. The zero-order valence-corrected chi connectivity index (χ0v) is 12.6. The van der Waals surface area contributed by atoms with Crippen LogP contribution in [0.1, 0.15) is 17.0 Å². The summed E-state index contributed by atoms with van der Waals surface area (Å²) in [5.41, 5.74) is 8.65. The fourth-order valence-corrected chi connectivity index (χ4v) is 3.24. The number of benzene rings is 1. The van der Waals surface area contributed by atoms with E-state index in [0.717, 1.165) is 38.4 Å². The number of halogens is 1. The van der Waals surface area contributed by atoms with Crippen molar-refractivity contribution in [1.29, 1.82) is 0 Å². The first-order valence-corrected chi connectivity index (χ1v) is 7.27. The average Bonchev–Trinajstić information content (AvgIpc) is 2.32. The summed E-state index contributed by atoms with van der Waals surface area (Å²) in [6, 6.07) is 7.82. The molecule has 5 heteroatoms. The minimum Gasteiger partial charge on any atom is -0.330 e. The molecule has 0 saturated heterocycles. The predicted molar refractivity (Wildman–Crippen MR) is 79.8 cm³/mol. The summed E-state index contributed by atoms with van der Waals surface area (Å²) < 4.78 is 0. The van der Waals surface area contributed by atoms with Gasteiger partial charge in [-0.3, -0.25) is 0 Å². The fourth-order valence-electron chi connectivity index (χ4n) is 1.86. The van der Waals surface area contributed by atoms with Gasteiger partial charge in [-0.05, 0) is 62.3 Å². The molecule has 0 fully saturated rings. The van der Waals surface area contributed by atoms with Crippen molar-refractivity contribution in [3.8, 4) is 0 Å². The average molecular weight is 294 g/mol. The predicted octanol–water partition coefficient (Wildman–Crippen LogP) is 3.40. The third kappa shape index (κ3) is 3.69. The van der Waals surface area contributed by atoms with Gasteiger partial charge >= 0.3 is 0 Å². The minimum absolute atomic E-state index is 0.574. The van der Waals surface area contributed by atoms with Crippen molar-refractivity contribution in [2.75, 3.05) is 6.54 Å². The molecule has 1 heterocycles. The third-order valence-corrected chi connectivity index (χ3v) is 3.95. The summed E-state index contributed by atoms with van der Waals surface area (Å²) >= 11 is 7.76. The van der Waals surface area contributed by atoms with Gasteiger partial charge < -0.3 is 5.73 Å². The van der Waals surface area contributed by atoms with E-state index < -0.39 is 0 Å². The molecule has 1 aromatic carbocycles. The molecule has 19 heavy (non-hydrogen) atoms. The highest BCUT2D eigenvalue weighted by atomic mass is 35.5. The van der Waals surface area contributed by atoms with E-state index in [0.29, 0.717) is 6.54 Å². The van der Waals surface area contributed by atoms with E-state index >= 15 is 0 Å². The van der Waals surface area contributed by atoms with E-state index in [2.05, 4.69) is 9.97 Å². The molecule has 2 N–H and O–H groups in total. The smallest absolute Gasteiger partial charge is 0.192 e. The Morgan fingerprint density at radius 1 is 1.21 bits per heavy atom. The Labute approximate surface area is 122 Å². The molecular weight excluding hydrogens is 278 g/mol. The van der Waals surface area contributed by atoms with Gasteiger partial charge in [0.1, 0.15) is 0 Å². The summed E-state index contributed by atoms with van der Waals surface area (Å²) in [5.74, 6) is 0. The molecule has 0 unspecified atom stereocenters. The third-order valence-electron chi connectivity index (χ3n) is 2.63. The molecule has 0 aliphatic rings. The Morgan fingerprint density at radius 3 is 2.53 bits per heavy atom. The van der Waals surface area contributed by atoms with Crippen LogP contribution in [-0.4, -0.2) is 16.5 Å². The Hall–Kier alpha value is -1.10. The van der Waals surface area contributed by atoms with E-state index in [1.165, 1.54) is 11.8 Å². The molecule has 100 valence electrons. The molecule has 1 aromatic heterocycles. The molecule has 3 nitrogen and oxygen atoms in total. The van der Waals surface area contributed by atoms with E-state index in [-0.39, 0.29) is 0 Å². The Kier molecular flexibility index (Phi) is 4.80. The first-order valence-electron chi connectivity index (χ1n) is 6.07. The maximum absolute atomic E-state index is 6.23. The van der Waals surface area contributed by atoms with Gasteiger partial charge in [-0.1, -0.05) is 17.7 Å². The van der Waals surface area contributed by atoms with Gasteiger partial charge in [0.25, 0.3) is 0 Å². The van der Waals surface area contributed by atoms with Crippen molar-refractivity contribution < 1.29 is 0 Å². The number of nitrogens with two attached hydrogens (primary N) is 1. The van der Waals surface area contributed by atoms with Crippen LogP contribution in [0.25, 0.3) is 0 Å².